The summed E-state index contributed by atoms with van der Waals surface area (Å²) in [6.07, 6.45) is 0.131. The molecular weight excluding hydrogens is 274 g/mol. The van der Waals surface area contributed by atoms with Crippen LogP contribution in [0.2, 0.25) is 0 Å². The molecular formula is C19H23NO2. The van der Waals surface area contributed by atoms with Crippen molar-refractivity contribution >= 4 is 5.91 Å². The normalized spacial score (nSPS) is 12.0. The Bertz CT molecular complexity index is 591. The molecule has 2 rings (SSSR count). The Kier molecular flexibility index (Phi) is 5.59. The summed E-state index contributed by atoms with van der Waals surface area (Å²) in [5.74, 6) is 1.01. The number of amides is 1. The highest BCUT2D eigenvalue weighted by Gasteiger charge is 2.09. The Balaban J connectivity index is 1.89. The van der Waals surface area contributed by atoms with E-state index in [-0.39, 0.29) is 17.9 Å². The summed E-state index contributed by atoms with van der Waals surface area (Å²) >= 11 is 0. The summed E-state index contributed by atoms with van der Waals surface area (Å²) in [4.78, 5) is 12.2. The maximum Gasteiger partial charge on any atom is 0.251 e. The molecule has 0 aromatic heterocycles. The number of carbonyl (C=O) groups excluding carboxylic acids is 1. The molecule has 1 atom stereocenters. The van der Waals surface area contributed by atoms with Crippen molar-refractivity contribution in [2.24, 2.45) is 0 Å². The minimum atomic E-state index is -0.0566. The minimum absolute atomic E-state index is 0.0566. The van der Waals surface area contributed by atoms with Crippen molar-refractivity contribution < 1.29 is 9.53 Å². The van der Waals surface area contributed by atoms with Gasteiger partial charge in [0, 0.05) is 12.1 Å². The summed E-state index contributed by atoms with van der Waals surface area (Å²) in [5, 5.41) is 2.98. The molecule has 2 aromatic carbocycles. The fraction of sp³-hybridized carbons (Fsp3) is 0.316. The highest BCUT2D eigenvalue weighted by Crippen LogP contribution is 2.15. The van der Waals surface area contributed by atoms with Crippen molar-refractivity contribution in [1.29, 1.82) is 0 Å². The Hall–Kier alpha value is -2.29. The Morgan fingerprint density at radius 3 is 2.23 bits per heavy atom. The molecule has 0 heterocycles. The second-order valence-corrected chi connectivity index (χ2v) is 5.71. The van der Waals surface area contributed by atoms with Gasteiger partial charge < -0.3 is 10.1 Å². The molecule has 0 aliphatic carbocycles. The molecule has 1 unspecified atom stereocenters. The standard InChI is InChI=1S/C19H23NO2/c1-14(2)22-18-11-9-17(10-12-18)19(21)20-13-15(3)16-7-5-4-6-8-16/h4-12,14-15H,13H2,1-3H3,(H,20,21). The monoisotopic (exact) mass is 297 g/mol. The zero-order valence-electron chi connectivity index (χ0n) is 13.4. The van der Waals surface area contributed by atoms with Gasteiger partial charge in [-0.3, -0.25) is 4.79 Å². The first-order valence-corrected chi connectivity index (χ1v) is 7.66. The molecule has 0 aliphatic rings. The zero-order chi connectivity index (χ0) is 15.9. The largest absolute Gasteiger partial charge is 0.491 e. The van der Waals surface area contributed by atoms with Crippen LogP contribution in [-0.2, 0) is 0 Å². The molecule has 116 valence electrons. The molecule has 0 radical (unpaired) electrons. The van der Waals surface area contributed by atoms with E-state index in [2.05, 4.69) is 24.4 Å². The number of ether oxygens (including phenoxy) is 1. The third-order valence-corrected chi connectivity index (χ3v) is 3.43. The molecule has 0 bridgehead atoms. The number of carbonyl (C=O) groups is 1. The van der Waals surface area contributed by atoms with Crippen LogP contribution in [0.1, 0.15) is 42.6 Å². The second kappa shape index (κ2) is 7.64. The lowest BCUT2D eigenvalue weighted by Crippen LogP contribution is -2.27. The van der Waals surface area contributed by atoms with Crippen LogP contribution in [0.15, 0.2) is 54.6 Å². The fourth-order valence-corrected chi connectivity index (χ4v) is 2.20. The van der Waals surface area contributed by atoms with Crippen molar-refractivity contribution in [2.45, 2.75) is 32.8 Å². The number of rotatable bonds is 6. The van der Waals surface area contributed by atoms with Crippen molar-refractivity contribution in [1.82, 2.24) is 5.32 Å². The van der Waals surface area contributed by atoms with Gasteiger partial charge in [0.25, 0.3) is 5.91 Å². The third kappa shape index (κ3) is 4.62. The molecule has 1 N–H and O–H groups in total. The summed E-state index contributed by atoms with van der Waals surface area (Å²) in [6, 6.07) is 17.4. The molecule has 0 spiro atoms. The van der Waals surface area contributed by atoms with Crippen molar-refractivity contribution in [3.8, 4) is 5.75 Å². The van der Waals surface area contributed by atoms with Crippen molar-refractivity contribution in [3.63, 3.8) is 0 Å². The average molecular weight is 297 g/mol. The maximum atomic E-state index is 12.2. The minimum Gasteiger partial charge on any atom is -0.491 e. The molecule has 0 saturated heterocycles. The Labute approximate surface area is 132 Å². The van der Waals surface area contributed by atoms with Crippen molar-refractivity contribution in [3.05, 3.63) is 65.7 Å². The van der Waals surface area contributed by atoms with Crippen LogP contribution in [0.3, 0.4) is 0 Å². The van der Waals surface area contributed by atoms with Crippen LogP contribution in [0.4, 0.5) is 0 Å². The summed E-state index contributed by atoms with van der Waals surface area (Å²) < 4.78 is 5.57. The van der Waals surface area contributed by atoms with Gasteiger partial charge >= 0.3 is 0 Å². The van der Waals surface area contributed by atoms with Crippen LogP contribution in [0.25, 0.3) is 0 Å². The quantitative estimate of drug-likeness (QED) is 0.875. The molecule has 0 saturated carbocycles. The van der Waals surface area contributed by atoms with E-state index in [0.717, 1.165) is 5.75 Å². The number of benzene rings is 2. The molecule has 22 heavy (non-hydrogen) atoms. The first-order valence-electron chi connectivity index (χ1n) is 7.66. The molecule has 3 nitrogen and oxygen atoms in total. The van der Waals surface area contributed by atoms with Gasteiger partial charge in [-0.25, -0.2) is 0 Å². The lowest BCUT2D eigenvalue weighted by molar-refractivity contribution is 0.0951. The third-order valence-electron chi connectivity index (χ3n) is 3.43. The van der Waals surface area contributed by atoms with E-state index in [4.69, 9.17) is 4.74 Å². The van der Waals surface area contributed by atoms with Gasteiger partial charge in [-0.15, -0.1) is 0 Å². The molecule has 1 amide bonds. The van der Waals surface area contributed by atoms with E-state index in [1.165, 1.54) is 5.56 Å². The average Bonchev–Trinajstić information content (AvgIpc) is 2.53. The topological polar surface area (TPSA) is 38.3 Å². The predicted molar refractivity (Wildman–Crippen MR) is 89.4 cm³/mol. The lowest BCUT2D eigenvalue weighted by atomic mass is 10.0. The van der Waals surface area contributed by atoms with Crippen LogP contribution < -0.4 is 10.1 Å². The van der Waals surface area contributed by atoms with Crippen LogP contribution in [0, 0.1) is 0 Å². The number of hydrogen-bond donors (Lipinski definition) is 1. The highest BCUT2D eigenvalue weighted by atomic mass is 16.5. The summed E-state index contributed by atoms with van der Waals surface area (Å²) in [5.41, 5.74) is 1.87. The van der Waals surface area contributed by atoms with E-state index in [1.807, 2.05) is 44.2 Å². The summed E-state index contributed by atoms with van der Waals surface area (Å²) in [6.45, 7) is 6.68. The fourth-order valence-electron chi connectivity index (χ4n) is 2.20. The summed E-state index contributed by atoms with van der Waals surface area (Å²) in [7, 11) is 0. The Morgan fingerprint density at radius 2 is 1.64 bits per heavy atom. The smallest absolute Gasteiger partial charge is 0.251 e. The van der Waals surface area contributed by atoms with Gasteiger partial charge in [-0.2, -0.15) is 0 Å². The van der Waals surface area contributed by atoms with Crippen LogP contribution in [0.5, 0.6) is 5.75 Å². The second-order valence-electron chi connectivity index (χ2n) is 5.71. The van der Waals surface area contributed by atoms with E-state index in [1.54, 1.807) is 12.1 Å². The van der Waals surface area contributed by atoms with Crippen molar-refractivity contribution in [2.75, 3.05) is 6.54 Å². The van der Waals surface area contributed by atoms with Crippen LogP contribution in [-0.4, -0.2) is 18.6 Å². The molecule has 3 heteroatoms. The lowest BCUT2D eigenvalue weighted by Gasteiger charge is -2.13. The first kappa shape index (κ1) is 16.1. The highest BCUT2D eigenvalue weighted by molar-refractivity contribution is 5.94. The van der Waals surface area contributed by atoms with Crippen LogP contribution >= 0.6 is 0 Å². The number of hydrogen-bond acceptors (Lipinski definition) is 2. The molecule has 0 aliphatic heterocycles. The van der Waals surface area contributed by atoms with E-state index < -0.39 is 0 Å². The van der Waals surface area contributed by atoms with Gasteiger partial charge in [-0.05, 0) is 49.6 Å². The molecule has 2 aromatic rings. The van der Waals surface area contributed by atoms with Gasteiger partial charge in [0.15, 0.2) is 0 Å². The van der Waals surface area contributed by atoms with Gasteiger partial charge in [0.1, 0.15) is 5.75 Å². The van der Waals surface area contributed by atoms with Gasteiger partial charge in [-0.1, -0.05) is 37.3 Å². The number of nitrogens with one attached hydrogen (secondary N) is 1. The SMILES string of the molecule is CC(C)Oc1ccc(C(=O)NCC(C)c2ccccc2)cc1. The van der Waals surface area contributed by atoms with E-state index in [0.29, 0.717) is 12.1 Å². The van der Waals surface area contributed by atoms with Gasteiger partial charge in [0.05, 0.1) is 6.10 Å². The zero-order valence-corrected chi connectivity index (χ0v) is 13.4. The predicted octanol–water partition coefficient (Wildman–Crippen LogP) is 4.01. The maximum absolute atomic E-state index is 12.2. The van der Waals surface area contributed by atoms with E-state index >= 15 is 0 Å². The van der Waals surface area contributed by atoms with E-state index in [9.17, 15) is 4.79 Å². The first-order chi connectivity index (χ1) is 10.6. The molecule has 0 fully saturated rings. The Morgan fingerprint density at radius 1 is 1.00 bits per heavy atom. The van der Waals surface area contributed by atoms with Gasteiger partial charge in [0.2, 0.25) is 0 Å².